The third kappa shape index (κ3) is 2.67. The van der Waals surface area contributed by atoms with Crippen LogP contribution in [0.15, 0.2) is 28.0 Å². The first-order valence-corrected chi connectivity index (χ1v) is 9.73. The molecule has 1 aliphatic heterocycles. The summed E-state index contributed by atoms with van der Waals surface area (Å²) in [6.07, 6.45) is 0.639. The number of rotatable bonds is 3. The first-order valence-electron chi connectivity index (χ1n) is 4.87. The molecule has 0 unspecified atom stereocenters. The molecule has 9 nitrogen and oxygen atoms in total. The molecule has 1 heterocycles. The number of carbonyl (C=O) groups excluding carboxylic acids is 1. The molecule has 110 valence electrons. The summed E-state index contributed by atoms with van der Waals surface area (Å²) in [5.74, 6) is -0.875. The summed E-state index contributed by atoms with van der Waals surface area (Å²) in [6.45, 7) is 0. The summed E-state index contributed by atoms with van der Waals surface area (Å²) in [7, 11) is -12.6. The zero-order valence-electron chi connectivity index (χ0n) is 9.81. The zero-order chi connectivity index (χ0) is 15.3. The maximum Gasteiger partial charge on any atom is 0.266 e. The van der Waals surface area contributed by atoms with Gasteiger partial charge in [-0.05, 0) is 18.2 Å². The monoisotopic (exact) mass is 340 g/mol. The van der Waals surface area contributed by atoms with E-state index in [-0.39, 0.29) is 5.56 Å². The first kappa shape index (κ1) is 14.9. The van der Waals surface area contributed by atoms with E-state index >= 15 is 0 Å². The second-order valence-corrected chi connectivity index (χ2v) is 9.29. The lowest BCUT2D eigenvalue weighted by atomic mass is 10.2. The summed E-state index contributed by atoms with van der Waals surface area (Å²) in [5.41, 5.74) is -0.205. The van der Waals surface area contributed by atoms with Crippen molar-refractivity contribution in [2.75, 3.05) is 6.26 Å². The van der Waals surface area contributed by atoms with Crippen molar-refractivity contribution in [3.8, 4) is 0 Å². The van der Waals surface area contributed by atoms with E-state index in [2.05, 4.69) is 0 Å². The lowest BCUT2D eigenvalue weighted by Crippen LogP contribution is -2.29. The summed E-state index contributed by atoms with van der Waals surface area (Å²) >= 11 is 0. The zero-order valence-corrected chi connectivity index (χ0v) is 12.3. The van der Waals surface area contributed by atoms with Gasteiger partial charge in [-0.2, -0.15) is 0 Å². The molecule has 0 fully saturated rings. The molecular formula is C8H8N2O7S3. The standard InChI is InChI=1S/C8H8N2O7S3/c1-18(12,13)10-19(14,15)5-2-3-6-7(4-5)20(16,17)9-8(6)11/h2-4,10H,1H3,(H,9,11). The van der Waals surface area contributed by atoms with Crippen molar-refractivity contribution in [1.29, 1.82) is 0 Å². The van der Waals surface area contributed by atoms with Crippen molar-refractivity contribution in [2.24, 2.45) is 0 Å². The van der Waals surface area contributed by atoms with Gasteiger partial charge in [0.1, 0.15) is 4.90 Å². The number of nitrogens with one attached hydrogen (secondary N) is 2. The minimum Gasteiger partial charge on any atom is -0.268 e. The van der Waals surface area contributed by atoms with Gasteiger partial charge in [0, 0.05) is 0 Å². The Hall–Kier alpha value is -1.50. The molecule has 1 aromatic rings. The van der Waals surface area contributed by atoms with E-state index in [4.69, 9.17) is 0 Å². The van der Waals surface area contributed by atoms with E-state index in [9.17, 15) is 30.0 Å². The first-order chi connectivity index (χ1) is 8.92. The van der Waals surface area contributed by atoms with E-state index in [0.717, 1.165) is 18.2 Å². The number of carbonyl (C=O) groups is 1. The average Bonchev–Trinajstić information content (AvgIpc) is 2.46. The number of benzene rings is 1. The molecule has 20 heavy (non-hydrogen) atoms. The summed E-state index contributed by atoms with van der Waals surface area (Å²) in [6, 6.07) is 2.65. The van der Waals surface area contributed by atoms with Crippen LogP contribution < -0.4 is 8.85 Å². The Morgan fingerprint density at radius 2 is 1.75 bits per heavy atom. The molecule has 1 aromatic carbocycles. The highest BCUT2D eigenvalue weighted by atomic mass is 32.3. The Labute approximate surface area is 115 Å². The number of hydrogen-bond donors (Lipinski definition) is 2. The molecule has 0 saturated heterocycles. The van der Waals surface area contributed by atoms with Crippen LogP contribution in [0, 0.1) is 0 Å². The average molecular weight is 340 g/mol. The number of amides is 1. The Morgan fingerprint density at radius 1 is 1.15 bits per heavy atom. The Balaban J connectivity index is 2.62. The summed E-state index contributed by atoms with van der Waals surface area (Å²) in [5, 5.41) is 0. The number of hydrogen-bond acceptors (Lipinski definition) is 7. The highest BCUT2D eigenvalue weighted by molar-refractivity contribution is 8.04. The Morgan fingerprint density at radius 3 is 2.30 bits per heavy atom. The van der Waals surface area contributed by atoms with Gasteiger partial charge in [-0.15, -0.1) is 4.13 Å². The lowest BCUT2D eigenvalue weighted by Gasteiger charge is -2.05. The van der Waals surface area contributed by atoms with Crippen LogP contribution in [-0.2, 0) is 30.1 Å². The molecule has 0 saturated carbocycles. The van der Waals surface area contributed by atoms with Crippen LogP contribution in [0.1, 0.15) is 10.4 Å². The van der Waals surface area contributed by atoms with Crippen LogP contribution in [0.5, 0.6) is 0 Å². The fraction of sp³-hybridized carbons (Fsp3) is 0.125. The van der Waals surface area contributed by atoms with Crippen LogP contribution in [0.2, 0.25) is 0 Å². The largest absolute Gasteiger partial charge is 0.268 e. The normalized spacial score (nSPS) is 17.6. The third-order valence-corrected chi connectivity index (χ3v) is 6.62. The van der Waals surface area contributed by atoms with Crippen LogP contribution in [0.25, 0.3) is 0 Å². The second-order valence-electron chi connectivity index (χ2n) is 3.95. The van der Waals surface area contributed by atoms with E-state index in [1.54, 1.807) is 4.72 Å². The molecule has 0 radical (unpaired) electrons. The SMILES string of the molecule is CS(=O)(=O)NS(=O)(=O)c1ccc2c(c1)S(=O)(=O)NC2=O. The van der Waals surface area contributed by atoms with Gasteiger partial charge in [0.15, 0.2) is 0 Å². The van der Waals surface area contributed by atoms with Gasteiger partial charge in [0.2, 0.25) is 10.0 Å². The molecule has 0 aromatic heterocycles. The van der Waals surface area contributed by atoms with Crippen molar-refractivity contribution in [3.63, 3.8) is 0 Å². The number of fused-ring (bicyclic) bond motifs is 1. The Bertz CT molecular complexity index is 913. The topological polar surface area (TPSA) is 144 Å². The minimum atomic E-state index is -4.45. The smallest absolute Gasteiger partial charge is 0.266 e. The van der Waals surface area contributed by atoms with Gasteiger partial charge in [-0.1, -0.05) is 0 Å². The van der Waals surface area contributed by atoms with Crippen LogP contribution >= 0.6 is 0 Å². The van der Waals surface area contributed by atoms with Gasteiger partial charge < -0.3 is 0 Å². The number of sulfonamides is 3. The van der Waals surface area contributed by atoms with Gasteiger partial charge in [0.05, 0.1) is 16.7 Å². The van der Waals surface area contributed by atoms with E-state index in [1.165, 1.54) is 4.13 Å². The van der Waals surface area contributed by atoms with Crippen molar-refractivity contribution < 1.29 is 30.0 Å². The fourth-order valence-corrected chi connectivity index (χ4v) is 5.33. The molecule has 0 atom stereocenters. The lowest BCUT2D eigenvalue weighted by molar-refractivity contribution is 0.0985. The van der Waals surface area contributed by atoms with Crippen molar-refractivity contribution >= 4 is 36.0 Å². The quantitative estimate of drug-likeness (QED) is 0.671. The molecule has 0 bridgehead atoms. The van der Waals surface area contributed by atoms with Gasteiger partial charge >= 0.3 is 0 Å². The third-order valence-electron chi connectivity index (χ3n) is 2.29. The molecule has 0 spiro atoms. The van der Waals surface area contributed by atoms with E-state index in [0.29, 0.717) is 6.26 Å². The molecule has 1 amide bonds. The van der Waals surface area contributed by atoms with Crippen molar-refractivity contribution in [3.05, 3.63) is 23.8 Å². The maximum atomic E-state index is 11.7. The van der Waals surface area contributed by atoms with Gasteiger partial charge in [-0.3, -0.25) is 4.79 Å². The molecule has 2 N–H and O–H groups in total. The molecule has 0 aliphatic carbocycles. The molecule has 2 rings (SSSR count). The van der Waals surface area contributed by atoms with Crippen molar-refractivity contribution in [2.45, 2.75) is 9.79 Å². The second kappa shape index (κ2) is 4.25. The molecule has 1 aliphatic rings. The predicted molar refractivity (Wildman–Crippen MR) is 66.3 cm³/mol. The van der Waals surface area contributed by atoms with Crippen LogP contribution in [0.4, 0.5) is 0 Å². The summed E-state index contributed by atoms with van der Waals surface area (Å²) < 4.78 is 71.6. The van der Waals surface area contributed by atoms with E-state index in [1.807, 2.05) is 0 Å². The van der Waals surface area contributed by atoms with Crippen LogP contribution in [0.3, 0.4) is 0 Å². The minimum absolute atomic E-state index is 0.205. The van der Waals surface area contributed by atoms with Gasteiger partial charge in [0.25, 0.3) is 26.0 Å². The Kier molecular flexibility index (Phi) is 3.16. The maximum absolute atomic E-state index is 11.7. The fourth-order valence-electron chi connectivity index (χ4n) is 1.56. The van der Waals surface area contributed by atoms with E-state index < -0.39 is 45.8 Å². The molecular weight excluding hydrogens is 332 g/mol. The highest BCUT2D eigenvalue weighted by Gasteiger charge is 2.34. The predicted octanol–water partition coefficient (Wildman–Crippen LogP) is -1.64. The summed E-state index contributed by atoms with van der Waals surface area (Å²) in [4.78, 5) is 10.2. The molecule has 12 heteroatoms. The van der Waals surface area contributed by atoms with Crippen LogP contribution in [-0.4, -0.2) is 37.4 Å². The van der Waals surface area contributed by atoms with Gasteiger partial charge in [-0.25, -0.2) is 30.0 Å². The van der Waals surface area contributed by atoms with Crippen molar-refractivity contribution in [1.82, 2.24) is 8.85 Å². The highest BCUT2D eigenvalue weighted by Crippen LogP contribution is 2.25.